The number of benzene rings is 3. The number of nitro benzene ring substituents is 1. The van der Waals surface area contributed by atoms with E-state index in [-0.39, 0.29) is 11.7 Å². The van der Waals surface area contributed by atoms with Gasteiger partial charge < -0.3 is 10.2 Å². The zero-order valence-electron chi connectivity index (χ0n) is 20.8. The van der Waals surface area contributed by atoms with Gasteiger partial charge in [0.2, 0.25) is 0 Å². The number of fused-ring (bicyclic) bond motifs is 1. The number of rotatable bonds is 6. The normalized spacial score (nSPS) is 12.7. The Labute approximate surface area is 223 Å². The average molecular weight is 521 g/mol. The maximum Gasteiger partial charge on any atom is 0.322 e. The van der Waals surface area contributed by atoms with E-state index in [1.54, 1.807) is 29.3 Å². The van der Waals surface area contributed by atoms with E-state index in [1.165, 1.54) is 10.7 Å². The van der Waals surface area contributed by atoms with Gasteiger partial charge >= 0.3 is 6.03 Å². The van der Waals surface area contributed by atoms with Crippen LogP contribution in [-0.4, -0.2) is 47.2 Å². The van der Waals surface area contributed by atoms with Crippen molar-refractivity contribution >= 4 is 17.4 Å². The van der Waals surface area contributed by atoms with Crippen molar-refractivity contribution in [1.29, 1.82) is 0 Å². The van der Waals surface area contributed by atoms with Crippen molar-refractivity contribution < 1.29 is 9.72 Å². The summed E-state index contributed by atoms with van der Waals surface area (Å²) in [6.07, 6.45) is 2.30. The van der Waals surface area contributed by atoms with Gasteiger partial charge in [-0.3, -0.25) is 14.8 Å². The molecule has 1 N–H and O–H groups in total. The smallest absolute Gasteiger partial charge is 0.320 e. The summed E-state index contributed by atoms with van der Waals surface area (Å²) >= 11 is 0. The van der Waals surface area contributed by atoms with Crippen molar-refractivity contribution in [1.82, 2.24) is 29.7 Å². The molecule has 5 aromatic rings. The minimum absolute atomic E-state index is 0.0503. The number of hydrogen-bond acceptors (Lipinski definition) is 6. The lowest BCUT2D eigenvalue weighted by atomic mass is 10.0. The van der Waals surface area contributed by atoms with E-state index in [0.29, 0.717) is 37.4 Å². The van der Waals surface area contributed by atoms with E-state index in [4.69, 9.17) is 5.10 Å². The SMILES string of the molecule is O=C(Nc1ccccc1)N1CCc2c(c(-c3ccccc3)nn2Cc2cn(-c3ccccc3[N+](=O)[O-])nn2)C1. The lowest BCUT2D eigenvalue weighted by molar-refractivity contribution is -0.384. The molecule has 11 nitrogen and oxygen atoms in total. The molecule has 0 saturated carbocycles. The highest BCUT2D eigenvalue weighted by molar-refractivity contribution is 5.89. The predicted molar refractivity (Wildman–Crippen MR) is 144 cm³/mol. The molecule has 0 spiro atoms. The van der Waals surface area contributed by atoms with E-state index in [9.17, 15) is 14.9 Å². The van der Waals surface area contributed by atoms with Gasteiger partial charge in [-0.05, 0) is 18.2 Å². The first kappa shape index (κ1) is 24.0. The summed E-state index contributed by atoms with van der Waals surface area (Å²) in [6, 6.07) is 25.5. The molecular weight excluding hydrogens is 496 g/mol. The van der Waals surface area contributed by atoms with Crippen LogP contribution in [-0.2, 0) is 19.5 Å². The fourth-order valence-electron chi connectivity index (χ4n) is 4.80. The molecule has 6 rings (SSSR count). The molecule has 0 aliphatic carbocycles. The topological polar surface area (TPSA) is 124 Å². The summed E-state index contributed by atoms with van der Waals surface area (Å²) in [6.45, 7) is 1.29. The van der Waals surface area contributed by atoms with E-state index in [2.05, 4.69) is 15.6 Å². The first-order valence-electron chi connectivity index (χ1n) is 12.5. The fourth-order valence-corrected chi connectivity index (χ4v) is 4.80. The molecule has 0 saturated heterocycles. The van der Waals surface area contributed by atoms with Crippen LogP contribution in [0.15, 0.2) is 91.1 Å². The molecule has 0 unspecified atom stereocenters. The predicted octanol–water partition coefficient (Wildman–Crippen LogP) is 4.68. The number of nitrogens with zero attached hydrogens (tertiary/aromatic N) is 7. The monoisotopic (exact) mass is 520 g/mol. The van der Waals surface area contributed by atoms with Crippen LogP contribution in [0, 0.1) is 10.1 Å². The highest BCUT2D eigenvalue weighted by atomic mass is 16.6. The van der Waals surface area contributed by atoms with Crippen molar-refractivity contribution in [2.24, 2.45) is 0 Å². The highest BCUT2D eigenvalue weighted by Gasteiger charge is 2.28. The van der Waals surface area contributed by atoms with Crippen molar-refractivity contribution in [3.8, 4) is 16.9 Å². The molecule has 3 heterocycles. The number of urea groups is 1. The van der Waals surface area contributed by atoms with Crippen LogP contribution >= 0.6 is 0 Å². The number of carbonyl (C=O) groups is 1. The maximum absolute atomic E-state index is 13.1. The van der Waals surface area contributed by atoms with Gasteiger partial charge in [0.05, 0.1) is 29.9 Å². The summed E-state index contributed by atoms with van der Waals surface area (Å²) in [4.78, 5) is 25.9. The molecule has 11 heteroatoms. The summed E-state index contributed by atoms with van der Waals surface area (Å²) in [5.41, 5.74) is 5.44. The summed E-state index contributed by atoms with van der Waals surface area (Å²) in [7, 11) is 0. The molecule has 0 atom stereocenters. The fraction of sp³-hybridized carbons (Fsp3) is 0.143. The number of nitrogens with one attached hydrogen (secondary N) is 1. The average Bonchev–Trinajstić information content (AvgIpc) is 3.59. The second-order valence-corrected chi connectivity index (χ2v) is 9.17. The molecule has 2 amide bonds. The van der Waals surface area contributed by atoms with Gasteiger partial charge in [0.25, 0.3) is 5.69 Å². The van der Waals surface area contributed by atoms with Gasteiger partial charge in [-0.15, -0.1) is 5.10 Å². The molecule has 3 aromatic carbocycles. The summed E-state index contributed by atoms with van der Waals surface area (Å²) in [5.74, 6) is 0. The Balaban J connectivity index is 1.30. The van der Waals surface area contributed by atoms with Gasteiger partial charge in [-0.25, -0.2) is 9.48 Å². The molecule has 39 heavy (non-hydrogen) atoms. The van der Waals surface area contributed by atoms with Crippen molar-refractivity contribution in [3.63, 3.8) is 0 Å². The lowest BCUT2D eigenvalue weighted by Crippen LogP contribution is -2.39. The Kier molecular flexibility index (Phi) is 6.29. The Morgan fingerprint density at radius 3 is 2.46 bits per heavy atom. The zero-order valence-corrected chi connectivity index (χ0v) is 20.8. The van der Waals surface area contributed by atoms with Gasteiger partial charge in [-0.1, -0.05) is 65.9 Å². The van der Waals surface area contributed by atoms with Crippen LogP contribution in [0.1, 0.15) is 17.0 Å². The van der Waals surface area contributed by atoms with Crippen LogP contribution in [0.3, 0.4) is 0 Å². The number of nitro groups is 1. The quantitative estimate of drug-likeness (QED) is 0.256. The number of hydrogen-bond donors (Lipinski definition) is 1. The standard InChI is InChI=1S/C28H24N8O3/c37-28(29-21-11-5-2-6-12-21)33-16-15-24-23(19-33)27(20-9-3-1-4-10-20)31-34(24)17-22-18-35(32-30-22)25-13-7-8-14-26(25)36(38)39/h1-14,18H,15-17,19H2,(H,29,37). The molecule has 0 radical (unpaired) electrons. The first-order valence-corrected chi connectivity index (χ1v) is 12.5. The van der Waals surface area contributed by atoms with Crippen LogP contribution in [0.5, 0.6) is 0 Å². The number of amides is 2. The van der Waals surface area contributed by atoms with Crippen molar-refractivity contribution in [3.05, 3.63) is 118 Å². The van der Waals surface area contributed by atoms with E-state index in [0.717, 1.165) is 28.2 Å². The van der Waals surface area contributed by atoms with Crippen molar-refractivity contribution in [2.75, 3.05) is 11.9 Å². The molecule has 0 fully saturated rings. The van der Waals surface area contributed by atoms with Crippen molar-refractivity contribution in [2.45, 2.75) is 19.5 Å². The highest BCUT2D eigenvalue weighted by Crippen LogP contribution is 2.31. The third-order valence-corrected chi connectivity index (χ3v) is 6.67. The van der Waals surface area contributed by atoms with E-state index >= 15 is 0 Å². The lowest BCUT2D eigenvalue weighted by Gasteiger charge is -2.28. The molecule has 2 aromatic heterocycles. The van der Waals surface area contributed by atoms with Crippen LogP contribution in [0.25, 0.3) is 16.9 Å². The maximum atomic E-state index is 13.1. The Morgan fingerprint density at radius 2 is 1.69 bits per heavy atom. The van der Waals surface area contributed by atoms with Gasteiger partial charge in [0.15, 0.2) is 0 Å². The van der Waals surface area contributed by atoms with Gasteiger partial charge in [0, 0.05) is 41.5 Å². The Morgan fingerprint density at radius 1 is 0.974 bits per heavy atom. The Bertz CT molecular complexity index is 1650. The number of anilines is 1. The van der Waals surface area contributed by atoms with Gasteiger partial charge in [0.1, 0.15) is 11.4 Å². The Hall–Kier alpha value is -5.32. The minimum atomic E-state index is -0.438. The third-order valence-electron chi connectivity index (χ3n) is 6.67. The summed E-state index contributed by atoms with van der Waals surface area (Å²) in [5, 5.41) is 27.8. The zero-order chi connectivity index (χ0) is 26.8. The molecule has 1 aliphatic heterocycles. The largest absolute Gasteiger partial charge is 0.322 e. The van der Waals surface area contributed by atoms with E-state index in [1.807, 2.05) is 65.3 Å². The van der Waals surface area contributed by atoms with Gasteiger partial charge in [-0.2, -0.15) is 5.10 Å². The van der Waals surface area contributed by atoms with Crippen LogP contribution in [0.4, 0.5) is 16.2 Å². The van der Waals surface area contributed by atoms with E-state index < -0.39 is 4.92 Å². The minimum Gasteiger partial charge on any atom is -0.320 e. The first-order chi connectivity index (χ1) is 19.1. The second-order valence-electron chi connectivity index (χ2n) is 9.17. The molecule has 1 aliphatic rings. The number of para-hydroxylation sites is 3. The third kappa shape index (κ3) is 4.85. The number of carbonyl (C=O) groups excluding carboxylic acids is 1. The van der Waals surface area contributed by atoms with Crippen LogP contribution < -0.4 is 5.32 Å². The second kappa shape index (κ2) is 10.2. The van der Waals surface area contributed by atoms with Crippen LogP contribution in [0.2, 0.25) is 0 Å². The molecular formula is C28H24N8O3. The summed E-state index contributed by atoms with van der Waals surface area (Å²) < 4.78 is 3.31. The number of aromatic nitrogens is 5. The molecule has 194 valence electrons. The molecule has 0 bridgehead atoms.